The highest BCUT2D eigenvalue weighted by Gasteiger charge is 2.14. The summed E-state index contributed by atoms with van der Waals surface area (Å²) in [5, 5.41) is 8.82. The third-order valence-corrected chi connectivity index (χ3v) is 2.44. The van der Waals surface area contributed by atoms with Crippen molar-refractivity contribution in [3.05, 3.63) is 28.0 Å². The Morgan fingerprint density at radius 2 is 2.29 bits per heavy atom. The standard InChI is InChI=1S/C9H11BrFNO2/c1-14-5-2-6(8(12)4-13)9(11)7(10)3-5/h2-3,8,13H,4,12H2,1H3. The first-order valence-electron chi connectivity index (χ1n) is 3.99. The highest BCUT2D eigenvalue weighted by atomic mass is 79.9. The van der Waals surface area contributed by atoms with Gasteiger partial charge in [0.1, 0.15) is 11.6 Å². The van der Waals surface area contributed by atoms with Crippen molar-refractivity contribution in [3.63, 3.8) is 0 Å². The summed E-state index contributed by atoms with van der Waals surface area (Å²) in [6.45, 7) is -0.309. The van der Waals surface area contributed by atoms with Gasteiger partial charge in [-0.2, -0.15) is 0 Å². The second-order valence-corrected chi connectivity index (χ2v) is 3.66. The number of rotatable bonds is 3. The van der Waals surface area contributed by atoms with E-state index in [4.69, 9.17) is 15.6 Å². The lowest BCUT2D eigenvalue weighted by Crippen LogP contribution is -2.16. The molecule has 14 heavy (non-hydrogen) atoms. The average Bonchev–Trinajstić information content (AvgIpc) is 2.20. The molecule has 0 saturated carbocycles. The molecule has 0 aromatic heterocycles. The van der Waals surface area contributed by atoms with Crippen molar-refractivity contribution in [2.45, 2.75) is 6.04 Å². The Balaban J connectivity index is 3.20. The van der Waals surface area contributed by atoms with E-state index in [0.717, 1.165) is 0 Å². The number of aliphatic hydroxyl groups excluding tert-OH is 1. The molecule has 1 rings (SSSR count). The van der Waals surface area contributed by atoms with Gasteiger partial charge in [0.25, 0.3) is 0 Å². The highest BCUT2D eigenvalue weighted by Crippen LogP contribution is 2.28. The molecule has 0 radical (unpaired) electrons. The zero-order chi connectivity index (χ0) is 10.7. The highest BCUT2D eigenvalue weighted by molar-refractivity contribution is 9.10. The molecule has 0 amide bonds. The fourth-order valence-corrected chi connectivity index (χ4v) is 1.52. The minimum absolute atomic E-state index is 0.235. The van der Waals surface area contributed by atoms with E-state index in [2.05, 4.69) is 15.9 Å². The van der Waals surface area contributed by atoms with Crippen LogP contribution in [0.4, 0.5) is 4.39 Å². The van der Waals surface area contributed by atoms with Gasteiger partial charge in [-0.1, -0.05) is 0 Å². The summed E-state index contributed by atoms with van der Waals surface area (Å²) in [5.74, 6) is 0.0320. The van der Waals surface area contributed by atoms with E-state index in [9.17, 15) is 4.39 Å². The molecular weight excluding hydrogens is 253 g/mol. The summed E-state index contributed by atoms with van der Waals surface area (Å²) in [7, 11) is 1.48. The Bertz CT molecular complexity index is 333. The number of nitrogens with two attached hydrogens (primary N) is 1. The first-order valence-corrected chi connectivity index (χ1v) is 4.78. The van der Waals surface area contributed by atoms with Crippen LogP contribution < -0.4 is 10.5 Å². The molecule has 0 bridgehead atoms. The number of benzene rings is 1. The average molecular weight is 264 g/mol. The van der Waals surface area contributed by atoms with Gasteiger partial charge in [-0.3, -0.25) is 0 Å². The maximum absolute atomic E-state index is 13.5. The van der Waals surface area contributed by atoms with Crippen LogP contribution in [0.15, 0.2) is 16.6 Å². The van der Waals surface area contributed by atoms with E-state index in [0.29, 0.717) is 5.75 Å². The van der Waals surface area contributed by atoms with Gasteiger partial charge in [0.2, 0.25) is 0 Å². The smallest absolute Gasteiger partial charge is 0.142 e. The molecule has 0 heterocycles. The molecule has 0 fully saturated rings. The number of ether oxygens (including phenoxy) is 1. The van der Waals surface area contributed by atoms with Crippen LogP contribution in [-0.4, -0.2) is 18.8 Å². The van der Waals surface area contributed by atoms with Gasteiger partial charge >= 0.3 is 0 Å². The van der Waals surface area contributed by atoms with Crippen molar-refractivity contribution < 1.29 is 14.2 Å². The third-order valence-electron chi connectivity index (χ3n) is 1.86. The largest absolute Gasteiger partial charge is 0.497 e. The van der Waals surface area contributed by atoms with Crippen LogP contribution in [0.25, 0.3) is 0 Å². The maximum Gasteiger partial charge on any atom is 0.142 e. The Morgan fingerprint density at radius 1 is 1.64 bits per heavy atom. The van der Waals surface area contributed by atoms with Crippen LogP contribution in [-0.2, 0) is 0 Å². The zero-order valence-electron chi connectivity index (χ0n) is 7.63. The van der Waals surface area contributed by atoms with Gasteiger partial charge in [-0.05, 0) is 28.1 Å². The fraction of sp³-hybridized carbons (Fsp3) is 0.333. The first kappa shape index (κ1) is 11.4. The minimum Gasteiger partial charge on any atom is -0.497 e. The van der Waals surface area contributed by atoms with Crippen molar-refractivity contribution in [1.29, 1.82) is 0 Å². The third kappa shape index (κ3) is 2.23. The molecule has 1 aromatic rings. The molecule has 5 heteroatoms. The van der Waals surface area contributed by atoms with Crippen molar-refractivity contribution in [3.8, 4) is 5.75 Å². The molecular formula is C9H11BrFNO2. The second-order valence-electron chi connectivity index (χ2n) is 2.80. The second kappa shape index (κ2) is 4.72. The Labute approximate surface area is 89.8 Å². The van der Waals surface area contributed by atoms with E-state index < -0.39 is 11.9 Å². The molecule has 1 aromatic carbocycles. The van der Waals surface area contributed by atoms with Crippen molar-refractivity contribution in [1.82, 2.24) is 0 Å². The van der Waals surface area contributed by atoms with Crippen LogP contribution in [0.5, 0.6) is 5.75 Å². The molecule has 1 unspecified atom stereocenters. The summed E-state index contributed by atoms with van der Waals surface area (Å²) >= 11 is 3.04. The normalized spacial score (nSPS) is 12.6. The van der Waals surface area contributed by atoms with Gasteiger partial charge in [0, 0.05) is 5.56 Å². The van der Waals surface area contributed by atoms with Gasteiger partial charge in [0.05, 0.1) is 24.2 Å². The van der Waals surface area contributed by atoms with E-state index >= 15 is 0 Å². The van der Waals surface area contributed by atoms with E-state index in [-0.39, 0.29) is 16.6 Å². The van der Waals surface area contributed by atoms with Crippen molar-refractivity contribution in [2.24, 2.45) is 5.73 Å². The van der Waals surface area contributed by atoms with Gasteiger partial charge in [0.15, 0.2) is 0 Å². The van der Waals surface area contributed by atoms with Gasteiger partial charge < -0.3 is 15.6 Å². The lowest BCUT2D eigenvalue weighted by molar-refractivity contribution is 0.265. The SMILES string of the molecule is COc1cc(Br)c(F)c(C(N)CO)c1. The van der Waals surface area contributed by atoms with Crippen molar-refractivity contribution in [2.75, 3.05) is 13.7 Å². The zero-order valence-corrected chi connectivity index (χ0v) is 9.21. The lowest BCUT2D eigenvalue weighted by atomic mass is 10.1. The molecule has 0 aliphatic rings. The number of aliphatic hydroxyl groups is 1. The Kier molecular flexibility index (Phi) is 3.86. The predicted molar refractivity (Wildman–Crippen MR) is 54.7 cm³/mol. The number of methoxy groups -OCH3 is 1. The van der Waals surface area contributed by atoms with Crippen LogP contribution in [0.2, 0.25) is 0 Å². The van der Waals surface area contributed by atoms with E-state index in [1.54, 1.807) is 0 Å². The molecule has 78 valence electrons. The van der Waals surface area contributed by atoms with E-state index in [1.807, 2.05) is 0 Å². The number of hydrogen-bond acceptors (Lipinski definition) is 3. The summed E-state index contributed by atoms with van der Waals surface area (Å²) in [6, 6.07) is 2.24. The molecule has 1 atom stereocenters. The predicted octanol–water partition coefficient (Wildman–Crippen LogP) is 1.59. The Hall–Kier alpha value is -0.650. The topological polar surface area (TPSA) is 55.5 Å². The van der Waals surface area contributed by atoms with Crippen LogP contribution >= 0.6 is 15.9 Å². The van der Waals surface area contributed by atoms with Crippen LogP contribution in [0, 0.1) is 5.82 Å². The Morgan fingerprint density at radius 3 is 2.79 bits per heavy atom. The summed E-state index contributed by atoms with van der Waals surface area (Å²) < 4.78 is 18.7. The molecule has 3 N–H and O–H groups in total. The van der Waals surface area contributed by atoms with Crippen LogP contribution in [0.3, 0.4) is 0 Å². The minimum atomic E-state index is -0.735. The summed E-state index contributed by atoms with van der Waals surface area (Å²) in [6.07, 6.45) is 0. The van der Waals surface area contributed by atoms with Gasteiger partial charge in [-0.25, -0.2) is 4.39 Å². The monoisotopic (exact) mass is 263 g/mol. The molecule has 0 spiro atoms. The molecule has 0 saturated heterocycles. The molecule has 0 aliphatic heterocycles. The number of hydrogen-bond donors (Lipinski definition) is 2. The summed E-state index contributed by atoms with van der Waals surface area (Å²) in [4.78, 5) is 0. The fourth-order valence-electron chi connectivity index (χ4n) is 1.07. The first-order chi connectivity index (χ1) is 6.60. The van der Waals surface area contributed by atoms with Crippen molar-refractivity contribution >= 4 is 15.9 Å². The summed E-state index contributed by atoms with van der Waals surface area (Å²) in [5.41, 5.74) is 5.76. The maximum atomic E-state index is 13.5. The number of halogens is 2. The quantitative estimate of drug-likeness (QED) is 0.871. The van der Waals surface area contributed by atoms with Gasteiger partial charge in [-0.15, -0.1) is 0 Å². The molecule has 0 aliphatic carbocycles. The lowest BCUT2D eigenvalue weighted by Gasteiger charge is -2.12. The molecule has 3 nitrogen and oxygen atoms in total. The van der Waals surface area contributed by atoms with Crippen LogP contribution in [0.1, 0.15) is 11.6 Å². The van der Waals surface area contributed by atoms with E-state index in [1.165, 1.54) is 19.2 Å².